The molecule has 0 saturated heterocycles. The highest BCUT2D eigenvalue weighted by Crippen LogP contribution is 2.34. The molecule has 1 aromatic heterocycles. The third-order valence-corrected chi connectivity index (χ3v) is 3.89. The quantitative estimate of drug-likeness (QED) is 0.938. The van der Waals surface area contributed by atoms with Crippen LogP contribution < -0.4 is 14.8 Å². The number of ether oxygens (including phenoxy) is 2. The SMILES string of the molecule is c1cc2c(cc1NCc1nc3n(n1)CCCCC3)OCO2. The number of aromatic nitrogens is 3. The van der Waals surface area contributed by atoms with Gasteiger partial charge in [-0.05, 0) is 25.0 Å². The van der Waals surface area contributed by atoms with E-state index >= 15 is 0 Å². The Labute approximate surface area is 123 Å². The number of benzene rings is 1. The maximum Gasteiger partial charge on any atom is 0.231 e. The molecular weight excluding hydrogens is 268 g/mol. The van der Waals surface area contributed by atoms with E-state index in [-0.39, 0.29) is 0 Å². The summed E-state index contributed by atoms with van der Waals surface area (Å²) < 4.78 is 12.7. The summed E-state index contributed by atoms with van der Waals surface area (Å²) >= 11 is 0. The molecule has 3 heterocycles. The molecule has 0 bridgehead atoms. The molecule has 4 rings (SSSR count). The summed E-state index contributed by atoms with van der Waals surface area (Å²) in [5.41, 5.74) is 0.990. The molecule has 6 nitrogen and oxygen atoms in total. The minimum Gasteiger partial charge on any atom is -0.454 e. The summed E-state index contributed by atoms with van der Waals surface area (Å²) in [6.45, 7) is 1.92. The van der Waals surface area contributed by atoms with Crippen molar-refractivity contribution in [2.45, 2.75) is 38.8 Å². The smallest absolute Gasteiger partial charge is 0.231 e. The van der Waals surface area contributed by atoms with Crippen molar-refractivity contribution < 1.29 is 9.47 Å². The Morgan fingerprint density at radius 2 is 2.10 bits per heavy atom. The summed E-state index contributed by atoms with van der Waals surface area (Å²) in [6, 6.07) is 5.85. The Kier molecular flexibility index (Phi) is 3.14. The minimum atomic E-state index is 0.300. The fraction of sp³-hybridized carbons (Fsp3) is 0.467. The number of anilines is 1. The highest BCUT2D eigenvalue weighted by atomic mass is 16.7. The molecule has 6 heteroatoms. The van der Waals surface area contributed by atoms with Crippen LogP contribution >= 0.6 is 0 Å². The largest absolute Gasteiger partial charge is 0.454 e. The zero-order chi connectivity index (χ0) is 14.1. The Hall–Kier alpha value is -2.24. The highest BCUT2D eigenvalue weighted by Gasteiger charge is 2.15. The van der Waals surface area contributed by atoms with Gasteiger partial charge in [-0.15, -0.1) is 0 Å². The zero-order valence-corrected chi connectivity index (χ0v) is 11.8. The van der Waals surface area contributed by atoms with Gasteiger partial charge in [0.15, 0.2) is 17.3 Å². The number of hydrogen-bond acceptors (Lipinski definition) is 5. The standard InChI is InChI=1S/C15H18N4O2/c1-2-4-15-17-14(18-19(15)7-3-1)9-16-11-5-6-12-13(8-11)21-10-20-12/h5-6,8,16H,1-4,7,9-10H2. The third-order valence-electron chi connectivity index (χ3n) is 3.89. The van der Waals surface area contributed by atoms with Crippen molar-refractivity contribution in [2.75, 3.05) is 12.1 Å². The number of nitrogens with zero attached hydrogens (tertiary/aromatic N) is 3. The average molecular weight is 286 g/mol. The third kappa shape index (κ3) is 2.53. The van der Waals surface area contributed by atoms with E-state index in [1.165, 1.54) is 19.3 Å². The van der Waals surface area contributed by atoms with Crippen molar-refractivity contribution in [3.05, 3.63) is 29.8 Å². The summed E-state index contributed by atoms with van der Waals surface area (Å²) in [7, 11) is 0. The van der Waals surface area contributed by atoms with E-state index in [0.29, 0.717) is 13.3 Å². The first-order valence-corrected chi connectivity index (χ1v) is 7.44. The van der Waals surface area contributed by atoms with E-state index in [2.05, 4.69) is 20.1 Å². The lowest BCUT2D eigenvalue weighted by Gasteiger charge is -2.04. The van der Waals surface area contributed by atoms with Crippen molar-refractivity contribution >= 4 is 5.69 Å². The monoisotopic (exact) mass is 286 g/mol. The van der Waals surface area contributed by atoms with Crippen LogP contribution in [0.2, 0.25) is 0 Å². The van der Waals surface area contributed by atoms with Crippen molar-refractivity contribution in [1.82, 2.24) is 14.8 Å². The molecule has 2 aliphatic heterocycles. The second kappa shape index (κ2) is 5.27. The highest BCUT2D eigenvalue weighted by molar-refractivity contribution is 5.55. The molecule has 1 aromatic carbocycles. The van der Waals surface area contributed by atoms with Gasteiger partial charge in [-0.25, -0.2) is 9.67 Å². The number of rotatable bonds is 3. The minimum absolute atomic E-state index is 0.300. The Morgan fingerprint density at radius 3 is 3.10 bits per heavy atom. The van der Waals surface area contributed by atoms with E-state index in [1.54, 1.807) is 0 Å². The van der Waals surface area contributed by atoms with Gasteiger partial charge in [-0.3, -0.25) is 0 Å². The maximum atomic E-state index is 5.37. The molecule has 0 aliphatic carbocycles. The molecule has 0 fully saturated rings. The predicted molar refractivity (Wildman–Crippen MR) is 77.5 cm³/mol. The maximum absolute atomic E-state index is 5.37. The lowest BCUT2D eigenvalue weighted by atomic mass is 10.2. The fourth-order valence-corrected chi connectivity index (χ4v) is 2.77. The lowest BCUT2D eigenvalue weighted by Crippen LogP contribution is -2.04. The predicted octanol–water partition coefficient (Wildman–Crippen LogP) is 2.35. The van der Waals surface area contributed by atoms with Crippen molar-refractivity contribution in [2.24, 2.45) is 0 Å². The first-order chi connectivity index (χ1) is 10.4. The fourth-order valence-electron chi connectivity index (χ4n) is 2.77. The van der Waals surface area contributed by atoms with Gasteiger partial charge in [-0.1, -0.05) is 6.42 Å². The van der Waals surface area contributed by atoms with Gasteiger partial charge in [0.25, 0.3) is 0 Å². The van der Waals surface area contributed by atoms with Crippen LogP contribution in [0.4, 0.5) is 5.69 Å². The van der Waals surface area contributed by atoms with Crippen LogP contribution in [0.1, 0.15) is 30.9 Å². The molecular formula is C15H18N4O2. The van der Waals surface area contributed by atoms with Crippen LogP contribution in [-0.4, -0.2) is 21.6 Å². The van der Waals surface area contributed by atoms with Gasteiger partial charge in [0.1, 0.15) is 5.82 Å². The summed E-state index contributed by atoms with van der Waals surface area (Å²) in [5.74, 6) is 3.56. The molecule has 0 spiro atoms. The molecule has 0 radical (unpaired) electrons. The van der Waals surface area contributed by atoms with Crippen LogP contribution in [0.25, 0.3) is 0 Å². The van der Waals surface area contributed by atoms with Gasteiger partial charge >= 0.3 is 0 Å². The first kappa shape index (κ1) is 12.5. The van der Waals surface area contributed by atoms with Crippen LogP contribution in [-0.2, 0) is 19.5 Å². The van der Waals surface area contributed by atoms with E-state index in [9.17, 15) is 0 Å². The first-order valence-electron chi connectivity index (χ1n) is 7.44. The van der Waals surface area contributed by atoms with E-state index < -0.39 is 0 Å². The van der Waals surface area contributed by atoms with Crippen molar-refractivity contribution in [3.8, 4) is 11.5 Å². The lowest BCUT2D eigenvalue weighted by molar-refractivity contribution is 0.174. The number of hydrogen-bond donors (Lipinski definition) is 1. The number of fused-ring (bicyclic) bond motifs is 2. The molecule has 2 aromatic rings. The second-order valence-electron chi connectivity index (χ2n) is 5.40. The molecule has 1 N–H and O–H groups in total. The Balaban J connectivity index is 1.45. The van der Waals surface area contributed by atoms with Crippen LogP contribution in [0.3, 0.4) is 0 Å². The molecule has 110 valence electrons. The van der Waals surface area contributed by atoms with E-state index in [1.807, 2.05) is 18.2 Å². The second-order valence-corrected chi connectivity index (χ2v) is 5.40. The Morgan fingerprint density at radius 1 is 1.14 bits per heavy atom. The van der Waals surface area contributed by atoms with Gasteiger partial charge in [0, 0.05) is 24.7 Å². The van der Waals surface area contributed by atoms with Gasteiger partial charge < -0.3 is 14.8 Å². The molecule has 2 aliphatic rings. The number of nitrogens with one attached hydrogen (secondary N) is 1. The average Bonchev–Trinajstić information content (AvgIpc) is 3.06. The van der Waals surface area contributed by atoms with Gasteiger partial charge in [0.2, 0.25) is 6.79 Å². The Bertz CT molecular complexity index is 630. The van der Waals surface area contributed by atoms with Gasteiger partial charge in [0.05, 0.1) is 6.54 Å². The molecule has 0 unspecified atom stereocenters. The number of aryl methyl sites for hydroxylation is 2. The van der Waals surface area contributed by atoms with E-state index in [4.69, 9.17) is 9.47 Å². The van der Waals surface area contributed by atoms with Crippen LogP contribution in [0.5, 0.6) is 11.5 Å². The van der Waals surface area contributed by atoms with Crippen molar-refractivity contribution in [3.63, 3.8) is 0 Å². The molecule has 0 amide bonds. The summed E-state index contributed by atoms with van der Waals surface area (Å²) in [6.07, 6.45) is 4.73. The molecule has 0 saturated carbocycles. The molecule has 21 heavy (non-hydrogen) atoms. The van der Waals surface area contributed by atoms with Crippen molar-refractivity contribution in [1.29, 1.82) is 0 Å². The topological polar surface area (TPSA) is 61.2 Å². The normalized spacial score (nSPS) is 16.4. The van der Waals surface area contributed by atoms with E-state index in [0.717, 1.165) is 41.8 Å². The van der Waals surface area contributed by atoms with Crippen LogP contribution in [0, 0.1) is 0 Å². The summed E-state index contributed by atoms with van der Waals surface area (Å²) in [4.78, 5) is 4.63. The zero-order valence-electron chi connectivity index (χ0n) is 11.8. The van der Waals surface area contributed by atoms with Gasteiger partial charge in [-0.2, -0.15) is 5.10 Å². The van der Waals surface area contributed by atoms with Crippen LogP contribution in [0.15, 0.2) is 18.2 Å². The molecule has 0 atom stereocenters. The summed E-state index contributed by atoms with van der Waals surface area (Å²) in [5, 5.41) is 7.93.